The molecule has 0 spiro atoms. The van der Waals surface area contributed by atoms with Crippen LogP contribution < -0.4 is 5.43 Å². The van der Waals surface area contributed by atoms with Crippen molar-refractivity contribution in [3.63, 3.8) is 0 Å². The molecule has 0 radical (unpaired) electrons. The minimum atomic E-state index is 0.503. The van der Waals surface area contributed by atoms with Gasteiger partial charge in [-0.2, -0.15) is 0 Å². The normalized spacial score (nSPS) is 31.1. The van der Waals surface area contributed by atoms with Gasteiger partial charge in [-0.05, 0) is 31.2 Å². The van der Waals surface area contributed by atoms with Gasteiger partial charge in [0.05, 0.1) is 6.17 Å². The standard InChI is InChI=1S/C15H22N2/c1-12(13-8-4-2-5-9-13)17-15(16-17)14-10-6-3-7-11-14/h2,4-5,8-9,12,14-16H,3,6-7,10-11H2,1H3/t12-,15+,17?/m1/s1. The fraction of sp³-hybridized carbons (Fsp3) is 0.600. The van der Waals surface area contributed by atoms with Crippen molar-refractivity contribution in [1.82, 2.24) is 10.4 Å². The van der Waals surface area contributed by atoms with Crippen LogP contribution in [0.3, 0.4) is 0 Å². The Bertz CT molecular complexity index is 356. The molecule has 0 bridgehead atoms. The summed E-state index contributed by atoms with van der Waals surface area (Å²) >= 11 is 0. The summed E-state index contributed by atoms with van der Waals surface area (Å²) in [4.78, 5) is 0. The Balaban J connectivity index is 1.60. The van der Waals surface area contributed by atoms with E-state index in [0.717, 1.165) is 5.92 Å². The van der Waals surface area contributed by atoms with Gasteiger partial charge in [0.25, 0.3) is 0 Å². The summed E-state index contributed by atoms with van der Waals surface area (Å²) in [6.45, 7) is 2.30. The summed E-state index contributed by atoms with van der Waals surface area (Å²) in [6.07, 6.45) is 7.76. The molecule has 92 valence electrons. The van der Waals surface area contributed by atoms with Crippen molar-refractivity contribution in [1.29, 1.82) is 0 Å². The van der Waals surface area contributed by atoms with Gasteiger partial charge in [-0.3, -0.25) is 0 Å². The maximum Gasteiger partial charge on any atom is 0.0898 e. The third-order valence-electron chi connectivity index (χ3n) is 4.31. The van der Waals surface area contributed by atoms with Crippen molar-refractivity contribution in [3.8, 4) is 0 Å². The highest BCUT2D eigenvalue weighted by atomic mass is 15.8. The molecule has 1 unspecified atom stereocenters. The van der Waals surface area contributed by atoms with Crippen LogP contribution in [0.1, 0.15) is 50.6 Å². The third kappa shape index (κ3) is 2.38. The molecule has 1 saturated heterocycles. The molecule has 1 aliphatic carbocycles. The molecule has 2 aliphatic rings. The van der Waals surface area contributed by atoms with Crippen molar-refractivity contribution in [2.45, 2.75) is 51.2 Å². The van der Waals surface area contributed by atoms with Crippen LogP contribution >= 0.6 is 0 Å². The highest BCUT2D eigenvalue weighted by Crippen LogP contribution is 2.37. The maximum absolute atomic E-state index is 3.57. The van der Waals surface area contributed by atoms with Gasteiger partial charge in [-0.25, -0.2) is 10.4 Å². The lowest BCUT2D eigenvalue weighted by atomic mass is 9.88. The van der Waals surface area contributed by atoms with Crippen molar-refractivity contribution in [2.24, 2.45) is 5.92 Å². The molecule has 1 aliphatic heterocycles. The molecule has 1 aromatic carbocycles. The molecule has 1 saturated carbocycles. The van der Waals surface area contributed by atoms with Crippen molar-refractivity contribution in [2.75, 3.05) is 0 Å². The van der Waals surface area contributed by atoms with Crippen LogP contribution in [0.2, 0.25) is 0 Å². The average Bonchev–Trinajstić information content (AvgIpc) is 3.20. The highest BCUT2D eigenvalue weighted by Gasteiger charge is 2.43. The first-order valence-electron chi connectivity index (χ1n) is 6.96. The van der Waals surface area contributed by atoms with Crippen LogP contribution in [-0.4, -0.2) is 11.2 Å². The van der Waals surface area contributed by atoms with Gasteiger partial charge in [0.1, 0.15) is 0 Å². The Morgan fingerprint density at radius 1 is 1.12 bits per heavy atom. The minimum Gasteiger partial charge on any atom is -0.234 e. The lowest BCUT2D eigenvalue weighted by Gasteiger charge is -2.21. The number of hydrogen-bond acceptors (Lipinski definition) is 2. The first-order chi connectivity index (χ1) is 8.36. The van der Waals surface area contributed by atoms with Crippen molar-refractivity contribution in [3.05, 3.63) is 35.9 Å². The van der Waals surface area contributed by atoms with Crippen molar-refractivity contribution >= 4 is 0 Å². The van der Waals surface area contributed by atoms with Gasteiger partial charge in [-0.1, -0.05) is 49.6 Å². The topological polar surface area (TPSA) is 25.0 Å². The van der Waals surface area contributed by atoms with Crippen LogP contribution in [0.25, 0.3) is 0 Å². The van der Waals surface area contributed by atoms with Gasteiger partial charge < -0.3 is 0 Å². The molecule has 1 aromatic rings. The number of hydrogen-bond donors (Lipinski definition) is 1. The molecule has 2 fully saturated rings. The minimum absolute atomic E-state index is 0.503. The molecule has 0 amide bonds. The summed E-state index contributed by atoms with van der Waals surface area (Å²) < 4.78 is 0. The zero-order valence-electron chi connectivity index (χ0n) is 10.6. The highest BCUT2D eigenvalue weighted by molar-refractivity contribution is 5.19. The smallest absolute Gasteiger partial charge is 0.0898 e. The van der Waals surface area contributed by atoms with Crippen LogP contribution in [-0.2, 0) is 0 Å². The van der Waals surface area contributed by atoms with E-state index in [4.69, 9.17) is 0 Å². The van der Waals surface area contributed by atoms with E-state index in [9.17, 15) is 0 Å². The number of nitrogens with one attached hydrogen (secondary N) is 1. The number of nitrogens with zero attached hydrogens (tertiary/aromatic N) is 1. The van der Waals surface area contributed by atoms with Crippen molar-refractivity contribution < 1.29 is 0 Å². The quantitative estimate of drug-likeness (QED) is 0.804. The first-order valence-corrected chi connectivity index (χ1v) is 6.96. The lowest BCUT2D eigenvalue weighted by molar-refractivity contribution is 0.286. The van der Waals surface area contributed by atoms with Crippen LogP contribution in [0, 0.1) is 5.92 Å². The Hall–Kier alpha value is -0.860. The number of benzene rings is 1. The SMILES string of the molecule is C[C@H](c1ccccc1)N1N[C@@H]1C1CCCCC1. The van der Waals surface area contributed by atoms with E-state index in [1.54, 1.807) is 0 Å². The van der Waals surface area contributed by atoms with E-state index in [2.05, 4.69) is 47.7 Å². The first kappa shape index (κ1) is 11.2. The Morgan fingerprint density at radius 3 is 2.53 bits per heavy atom. The molecule has 3 rings (SSSR count). The Labute approximate surface area is 104 Å². The second-order valence-electron chi connectivity index (χ2n) is 5.47. The van der Waals surface area contributed by atoms with E-state index >= 15 is 0 Å². The fourth-order valence-electron chi connectivity index (χ4n) is 3.15. The number of rotatable bonds is 3. The molecule has 2 heteroatoms. The van der Waals surface area contributed by atoms with E-state index in [1.165, 1.54) is 37.7 Å². The molecule has 1 N–H and O–H groups in total. The lowest BCUT2D eigenvalue weighted by Crippen LogP contribution is -2.18. The summed E-state index contributed by atoms with van der Waals surface area (Å²) in [7, 11) is 0. The molecule has 2 nitrogen and oxygen atoms in total. The molecular weight excluding hydrogens is 208 g/mol. The zero-order chi connectivity index (χ0) is 11.7. The average molecular weight is 230 g/mol. The fourth-order valence-corrected chi connectivity index (χ4v) is 3.15. The van der Waals surface area contributed by atoms with E-state index in [-0.39, 0.29) is 0 Å². The van der Waals surface area contributed by atoms with Crippen LogP contribution in [0.4, 0.5) is 0 Å². The van der Waals surface area contributed by atoms with Gasteiger partial charge in [0.15, 0.2) is 0 Å². The van der Waals surface area contributed by atoms with E-state index < -0.39 is 0 Å². The second kappa shape index (κ2) is 4.79. The van der Waals surface area contributed by atoms with Crippen LogP contribution in [0.5, 0.6) is 0 Å². The van der Waals surface area contributed by atoms with Gasteiger partial charge in [0.2, 0.25) is 0 Å². The molecule has 0 aromatic heterocycles. The summed E-state index contributed by atoms with van der Waals surface area (Å²) in [5, 5.41) is 2.44. The molecule has 3 atom stereocenters. The largest absolute Gasteiger partial charge is 0.234 e. The Kier molecular flexibility index (Phi) is 3.17. The summed E-state index contributed by atoms with van der Waals surface area (Å²) in [5.74, 6) is 0.884. The molecular formula is C15H22N2. The monoisotopic (exact) mass is 230 g/mol. The third-order valence-corrected chi connectivity index (χ3v) is 4.31. The van der Waals surface area contributed by atoms with Crippen LogP contribution in [0.15, 0.2) is 30.3 Å². The predicted octanol–water partition coefficient (Wildman–Crippen LogP) is 3.47. The molecule has 1 heterocycles. The zero-order valence-corrected chi connectivity index (χ0v) is 10.6. The van der Waals surface area contributed by atoms with Gasteiger partial charge >= 0.3 is 0 Å². The van der Waals surface area contributed by atoms with E-state index in [0.29, 0.717) is 12.2 Å². The Morgan fingerprint density at radius 2 is 1.82 bits per heavy atom. The summed E-state index contributed by atoms with van der Waals surface area (Å²) in [6, 6.07) is 11.3. The molecule has 17 heavy (non-hydrogen) atoms. The predicted molar refractivity (Wildman–Crippen MR) is 70.2 cm³/mol. The maximum atomic E-state index is 3.57. The summed E-state index contributed by atoms with van der Waals surface area (Å²) in [5.41, 5.74) is 4.99. The van der Waals surface area contributed by atoms with E-state index in [1.807, 2.05) is 0 Å². The second-order valence-corrected chi connectivity index (χ2v) is 5.47. The van der Waals surface area contributed by atoms with Gasteiger partial charge in [-0.15, -0.1) is 0 Å². The number of hydrazine groups is 1. The van der Waals surface area contributed by atoms with Gasteiger partial charge in [0, 0.05) is 6.04 Å².